The van der Waals surface area contributed by atoms with Gasteiger partial charge in [-0.3, -0.25) is 0 Å². The van der Waals surface area contributed by atoms with Crippen molar-refractivity contribution in [3.63, 3.8) is 0 Å². The number of sulfonamides is 1. The van der Waals surface area contributed by atoms with Crippen LogP contribution in [0.15, 0.2) is 59.5 Å². The van der Waals surface area contributed by atoms with E-state index in [1.54, 1.807) is 44.2 Å². The topological polar surface area (TPSA) is 76.6 Å². The van der Waals surface area contributed by atoms with Gasteiger partial charge in [0.05, 0.1) is 15.1 Å². The average molecular weight is 431 g/mol. The van der Waals surface area contributed by atoms with E-state index >= 15 is 0 Å². The molecule has 0 fully saturated rings. The molecule has 0 N–H and O–H groups in total. The van der Waals surface area contributed by atoms with E-state index in [0.29, 0.717) is 18.7 Å². The Morgan fingerprint density at radius 2 is 1.79 bits per heavy atom. The van der Waals surface area contributed by atoms with Crippen LogP contribution in [0.3, 0.4) is 0 Å². The molecule has 2 aromatic carbocycles. The van der Waals surface area contributed by atoms with Crippen molar-refractivity contribution < 1.29 is 17.9 Å². The number of rotatable bonds is 8. The molecule has 0 atom stereocenters. The predicted octanol–water partition coefficient (Wildman–Crippen LogP) is 4.08. The molecule has 0 spiro atoms. The van der Waals surface area contributed by atoms with Gasteiger partial charge in [0.25, 0.3) is 0 Å². The maximum atomic E-state index is 12.5. The predicted molar refractivity (Wildman–Crippen MR) is 115 cm³/mol. The van der Waals surface area contributed by atoms with Crippen LogP contribution < -0.4 is 0 Å². The largest absolute Gasteiger partial charge is 0.455 e. The fourth-order valence-corrected chi connectivity index (χ4v) is 5.13. The molecule has 0 saturated heterocycles. The number of nitrogens with zero attached hydrogens (tertiary/aromatic N) is 2. The average Bonchev–Trinajstić information content (AvgIpc) is 3.15. The van der Waals surface area contributed by atoms with Crippen molar-refractivity contribution in [1.82, 2.24) is 9.29 Å². The molecule has 0 saturated carbocycles. The molecule has 0 unspecified atom stereocenters. The van der Waals surface area contributed by atoms with Crippen LogP contribution in [0, 0.1) is 0 Å². The zero-order valence-electron chi connectivity index (χ0n) is 16.2. The number of benzene rings is 2. The second-order valence-electron chi connectivity index (χ2n) is 6.17. The first-order valence-electron chi connectivity index (χ1n) is 9.23. The van der Waals surface area contributed by atoms with Gasteiger partial charge in [-0.15, -0.1) is 11.3 Å². The fourth-order valence-electron chi connectivity index (χ4n) is 2.79. The first-order valence-corrected chi connectivity index (χ1v) is 11.5. The molecule has 0 amide bonds. The lowest BCUT2D eigenvalue weighted by atomic mass is 10.2. The number of ether oxygens (including phenoxy) is 1. The third kappa shape index (κ3) is 5.09. The summed E-state index contributed by atoms with van der Waals surface area (Å²) < 4.78 is 32.7. The Morgan fingerprint density at radius 3 is 2.45 bits per heavy atom. The van der Waals surface area contributed by atoms with Crippen molar-refractivity contribution in [3.8, 4) is 0 Å². The second kappa shape index (κ2) is 9.30. The van der Waals surface area contributed by atoms with Gasteiger partial charge in [-0.1, -0.05) is 38.1 Å². The summed E-state index contributed by atoms with van der Waals surface area (Å²) in [6.07, 6.45) is 2.91. The minimum atomic E-state index is -3.49. The van der Waals surface area contributed by atoms with Gasteiger partial charge in [0.2, 0.25) is 10.0 Å². The summed E-state index contributed by atoms with van der Waals surface area (Å²) in [7, 11) is -3.49. The highest BCUT2D eigenvalue weighted by atomic mass is 32.2. The maximum absolute atomic E-state index is 12.5. The van der Waals surface area contributed by atoms with Crippen LogP contribution in [0.1, 0.15) is 24.4 Å². The minimum Gasteiger partial charge on any atom is -0.455 e. The summed E-state index contributed by atoms with van der Waals surface area (Å²) in [5.41, 5.74) is 1.60. The number of carbonyl (C=O) groups excluding carboxylic acids is 1. The first kappa shape index (κ1) is 21.2. The molecule has 0 bridgehead atoms. The van der Waals surface area contributed by atoms with Crippen LogP contribution in [0.5, 0.6) is 0 Å². The Bertz CT molecular complexity index is 1080. The molecule has 1 heterocycles. The summed E-state index contributed by atoms with van der Waals surface area (Å²) in [6.45, 7) is 4.56. The normalized spacial score (nSPS) is 12.1. The zero-order valence-corrected chi connectivity index (χ0v) is 17.9. The van der Waals surface area contributed by atoms with Crippen molar-refractivity contribution in [2.24, 2.45) is 0 Å². The summed E-state index contributed by atoms with van der Waals surface area (Å²) in [6, 6.07) is 14.2. The Balaban J connectivity index is 1.60. The molecule has 29 heavy (non-hydrogen) atoms. The van der Waals surface area contributed by atoms with Crippen molar-refractivity contribution in [2.45, 2.75) is 25.3 Å². The highest BCUT2D eigenvalue weighted by Gasteiger charge is 2.20. The summed E-state index contributed by atoms with van der Waals surface area (Å²) in [5, 5.41) is 0.735. The van der Waals surface area contributed by atoms with Crippen LogP contribution in [-0.4, -0.2) is 36.8 Å². The highest BCUT2D eigenvalue weighted by molar-refractivity contribution is 7.89. The molecule has 0 radical (unpaired) electrons. The van der Waals surface area contributed by atoms with Gasteiger partial charge >= 0.3 is 5.97 Å². The number of aromatic nitrogens is 1. The van der Waals surface area contributed by atoms with Gasteiger partial charge in [0.1, 0.15) is 11.6 Å². The Morgan fingerprint density at radius 1 is 1.10 bits per heavy atom. The molecule has 3 aromatic rings. The lowest BCUT2D eigenvalue weighted by molar-refractivity contribution is -0.138. The van der Waals surface area contributed by atoms with Gasteiger partial charge < -0.3 is 4.74 Å². The van der Waals surface area contributed by atoms with Gasteiger partial charge in [-0.2, -0.15) is 4.31 Å². The highest BCUT2D eigenvalue weighted by Crippen LogP contribution is 2.22. The Labute approximate surface area is 174 Å². The first-order chi connectivity index (χ1) is 13.9. The number of esters is 1. The van der Waals surface area contributed by atoms with Gasteiger partial charge in [0, 0.05) is 19.2 Å². The number of fused-ring (bicyclic) bond motifs is 1. The zero-order chi connectivity index (χ0) is 20.9. The number of hydrogen-bond acceptors (Lipinski definition) is 6. The van der Waals surface area contributed by atoms with Crippen LogP contribution in [0.2, 0.25) is 0 Å². The summed E-state index contributed by atoms with van der Waals surface area (Å²) >= 11 is 1.49. The van der Waals surface area contributed by atoms with Crippen molar-refractivity contribution >= 4 is 43.6 Å². The number of hydrogen-bond donors (Lipinski definition) is 0. The molecule has 1 aromatic heterocycles. The molecular weight excluding hydrogens is 408 g/mol. The standard InChI is InChI=1S/C21H22N2O4S2/c1-3-23(4-2)29(25,26)17-12-9-16(10-13-17)11-14-21(24)27-15-20-22-18-7-5-6-8-19(18)28-20/h5-14H,3-4,15H2,1-2H3. The van der Waals surface area contributed by atoms with Crippen molar-refractivity contribution in [2.75, 3.05) is 13.1 Å². The van der Waals surface area contributed by atoms with Crippen LogP contribution in [0.4, 0.5) is 0 Å². The van der Waals surface area contributed by atoms with Crippen molar-refractivity contribution in [3.05, 3.63) is 65.2 Å². The Hall–Kier alpha value is -2.55. The summed E-state index contributed by atoms with van der Waals surface area (Å²) in [4.78, 5) is 16.6. The van der Waals surface area contributed by atoms with E-state index in [-0.39, 0.29) is 11.5 Å². The number of carbonyl (C=O) groups is 1. The SMILES string of the molecule is CCN(CC)S(=O)(=O)c1ccc(C=CC(=O)OCc2nc3ccccc3s2)cc1. The Kier molecular flexibility index (Phi) is 6.79. The van der Waals surface area contributed by atoms with Crippen LogP contribution in [-0.2, 0) is 26.2 Å². The number of thiazole rings is 1. The molecular formula is C21H22N2O4S2. The monoisotopic (exact) mass is 430 g/mol. The molecule has 3 rings (SSSR count). The second-order valence-corrected chi connectivity index (χ2v) is 9.23. The molecule has 152 valence electrons. The van der Waals surface area contributed by atoms with E-state index < -0.39 is 16.0 Å². The van der Waals surface area contributed by atoms with E-state index in [0.717, 1.165) is 15.2 Å². The van der Waals surface area contributed by atoms with E-state index in [1.165, 1.54) is 21.7 Å². The maximum Gasteiger partial charge on any atom is 0.331 e. The molecule has 0 aliphatic heterocycles. The molecule has 0 aliphatic rings. The number of para-hydroxylation sites is 1. The van der Waals surface area contributed by atoms with E-state index in [9.17, 15) is 13.2 Å². The van der Waals surface area contributed by atoms with Gasteiger partial charge in [-0.05, 0) is 35.9 Å². The smallest absolute Gasteiger partial charge is 0.331 e. The van der Waals surface area contributed by atoms with E-state index in [1.807, 2.05) is 24.3 Å². The third-order valence-electron chi connectivity index (χ3n) is 4.31. The third-order valence-corrected chi connectivity index (χ3v) is 7.39. The molecule has 0 aliphatic carbocycles. The van der Waals surface area contributed by atoms with E-state index in [4.69, 9.17) is 4.74 Å². The lowest BCUT2D eigenvalue weighted by Gasteiger charge is -2.18. The van der Waals surface area contributed by atoms with Crippen LogP contribution >= 0.6 is 11.3 Å². The summed E-state index contributed by atoms with van der Waals surface area (Å²) in [5.74, 6) is -0.482. The van der Waals surface area contributed by atoms with E-state index in [2.05, 4.69) is 4.98 Å². The lowest BCUT2D eigenvalue weighted by Crippen LogP contribution is -2.30. The van der Waals surface area contributed by atoms with Crippen LogP contribution in [0.25, 0.3) is 16.3 Å². The minimum absolute atomic E-state index is 0.115. The molecule has 8 heteroatoms. The quantitative estimate of drug-likeness (QED) is 0.397. The van der Waals surface area contributed by atoms with Crippen molar-refractivity contribution in [1.29, 1.82) is 0 Å². The van der Waals surface area contributed by atoms with Gasteiger partial charge in [0.15, 0.2) is 0 Å². The molecule has 6 nitrogen and oxygen atoms in total. The van der Waals surface area contributed by atoms with Gasteiger partial charge in [-0.25, -0.2) is 18.2 Å². The fraction of sp³-hybridized carbons (Fsp3) is 0.238.